The van der Waals surface area contributed by atoms with Crippen LogP contribution in [0.15, 0.2) is 16.6 Å². The number of hydrogen-bond acceptors (Lipinski definition) is 8. The molecule has 0 radical (unpaired) electrons. The van der Waals surface area contributed by atoms with E-state index in [1.807, 2.05) is 0 Å². The normalized spacial score (nSPS) is 17.1. The second-order valence-corrected chi connectivity index (χ2v) is 7.95. The Kier molecular flexibility index (Phi) is 5.10. The van der Waals surface area contributed by atoms with Crippen LogP contribution in [-0.2, 0) is 9.53 Å². The number of aromatic nitrogens is 3. The third kappa shape index (κ3) is 3.70. The molecule has 1 amide bonds. The molecular formula is C16H18N6O2S2. The van der Waals surface area contributed by atoms with Crippen molar-refractivity contribution in [3.63, 3.8) is 0 Å². The van der Waals surface area contributed by atoms with Gasteiger partial charge in [0.05, 0.1) is 24.5 Å². The lowest BCUT2D eigenvalue weighted by Crippen LogP contribution is -2.38. The number of nitrogens with one attached hydrogen (secondary N) is 1. The van der Waals surface area contributed by atoms with Crippen molar-refractivity contribution in [2.24, 2.45) is 0 Å². The van der Waals surface area contributed by atoms with Gasteiger partial charge in [0.15, 0.2) is 5.16 Å². The summed E-state index contributed by atoms with van der Waals surface area (Å²) in [5.41, 5.74) is 0.490. The van der Waals surface area contributed by atoms with Gasteiger partial charge in [-0.25, -0.2) is 0 Å². The lowest BCUT2D eigenvalue weighted by atomic mass is 10.3. The van der Waals surface area contributed by atoms with E-state index in [-0.39, 0.29) is 11.7 Å². The maximum atomic E-state index is 12.2. The minimum Gasteiger partial charge on any atom is -0.378 e. The summed E-state index contributed by atoms with van der Waals surface area (Å²) in [6, 6.07) is 4.20. The van der Waals surface area contributed by atoms with Crippen LogP contribution in [-0.4, -0.2) is 52.7 Å². The number of amides is 1. The number of carbonyl (C=O) groups is 1. The second kappa shape index (κ2) is 7.65. The molecule has 136 valence electrons. The molecule has 0 spiro atoms. The van der Waals surface area contributed by atoms with Gasteiger partial charge in [-0.1, -0.05) is 11.8 Å². The van der Waals surface area contributed by atoms with Gasteiger partial charge in [-0.3, -0.25) is 9.36 Å². The molecule has 1 N–H and O–H groups in total. The maximum absolute atomic E-state index is 12.2. The molecule has 1 aliphatic heterocycles. The first-order chi connectivity index (χ1) is 12.8. The van der Waals surface area contributed by atoms with Gasteiger partial charge in [0.1, 0.15) is 11.1 Å². The number of thioether (sulfide) groups is 1. The van der Waals surface area contributed by atoms with Crippen LogP contribution in [0.25, 0.3) is 0 Å². The van der Waals surface area contributed by atoms with E-state index < -0.39 is 0 Å². The molecule has 2 aromatic heterocycles. The van der Waals surface area contributed by atoms with Crippen molar-refractivity contribution in [2.45, 2.75) is 24.0 Å². The van der Waals surface area contributed by atoms with Gasteiger partial charge < -0.3 is 15.0 Å². The Hall–Kier alpha value is -2.09. The molecule has 1 saturated carbocycles. The van der Waals surface area contributed by atoms with E-state index in [4.69, 9.17) is 10.00 Å². The smallest absolute Gasteiger partial charge is 0.235 e. The number of hydrogen-bond donors (Lipinski definition) is 1. The van der Waals surface area contributed by atoms with Crippen molar-refractivity contribution in [2.75, 3.05) is 42.3 Å². The molecule has 2 fully saturated rings. The van der Waals surface area contributed by atoms with Crippen molar-refractivity contribution < 1.29 is 9.53 Å². The fourth-order valence-electron chi connectivity index (χ4n) is 2.79. The molecule has 26 heavy (non-hydrogen) atoms. The van der Waals surface area contributed by atoms with Gasteiger partial charge >= 0.3 is 0 Å². The number of rotatable bonds is 6. The predicted octanol–water partition coefficient (Wildman–Crippen LogP) is 2.11. The highest BCUT2D eigenvalue weighted by Gasteiger charge is 2.32. The number of ether oxygens (including phenoxy) is 1. The van der Waals surface area contributed by atoms with Crippen LogP contribution in [0.3, 0.4) is 0 Å². The van der Waals surface area contributed by atoms with Gasteiger partial charge in [0, 0.05) is 19.1 Å². The molecular weight excluding hydrogens is 372 g/mol. The Balaban J connectivity index is 1.42. The van der Waals surface area contributed by atoms with E-state index in [1.54, 1.807) is 11.4 Å². The van der Waals surface area contributed by atoms with Gasteiger partial charge in [0.25, 0.3) is 0 Å². The summed E-state index contributed by atoms with van der Waals surface area (Å²) in [6.07, 6.45) is 2.24. The fraction of sp³-hybridized carbons (Fsp3) is 0.500. The Morgan fingerprint density at radius 3 is 2.96 bits per heavy atom. The minimum absolute atomic E-state index is 0.146. The van der Waals surface area contributed by atoms with Crippen LogP contribution >= 0.6 is 23.1 Å². The third-order valence-electron chi connectivity index (χ3n) is 4.22. The lowest BCUT2D eigenvalue weighted by molar-refractivity contribution is -0.113. The summed E-state index contributed by atoms with van der Waals surface area (Å²) in [6.45, 7) is 3.02. The molecule has 1 aliphatic carbocycles. The average molecular weight is 390 g/mol. The first-order valence-electron chi connectivity index (χ1n) is 8.44. The van der Waals surface area contributed by atoms with E-state index in [0.717, 1.165) is 37.0 Å². The summed E-state index contributed by atoms with van der Waals surface area (Å²) in [5, 5.41) is 23.7. The van der Waals surface area contributed by atoms with E-state index in [1.165, 1.54) is 23.1 Å². The second-order valence-electron chi connectivity index (χ2n) is 6.10. The molecule has 0 bridgehead atoms. The number of carbonyl (C=O) groups excluding carboxylic acids is 1. The summed E-state index contributed by atoms with van der Waals surface area (Å²) < 4.78 is 7.57. The highest BCUT2D eigenvalue weighted by molar-refractivity contribution is 7.99. The van der Waals surface area contributed by atoms with Crippen molar-refractivity contribution >= 4 is 40.0 Å². The standard InChI is InChI=1S/C16H18N6O2S2/c17-9-11-3-8-25-14(11)18-13(23)10-26-16-20-19-15(22(16)12-1-2-12)21-4-6-24-7-5-21/h3,8,12H,1-2,4-7,10H2,(H,18,23). The molecule has 0 aromatic carbocycles. The zero-order valence-corrected chi connectivity index (χ0v) is 15.7. The topological polar surface area (TPSA) is 96.1 Å². The highest BCUT2D eigenvalue weighted by atomic mass is 32.2. The van der Waals surface area contributed by atoms with Crippen LogP contribution < -0.4 is 10.2 Å². The Morgan fingerprint density at radius 1 is 1.42 bits per heavy atom. The first kappa shape index (κ1) is 17.3. The summed E-state index contributed by atoms with van der Waals surface area (Å²) in [5.74, 6) is 0.965. The fourth-order valence-corrected chi connectivity index (χ4v) is 4.34. The molecule has 10 heteroatoms. The molecule has 4 rings (SSSR count). The zero-order valence-electron chi connectivity index (χ0n) is 14.1. The van der Waals surface area contributed by atoms with Crippen LogP contribution in [0.4, 0.5) is 10.9 Å². The van der Waals surface area contributed by atoms with Gasteiger partial charge in [0.2, 0.25) is 11.9 Å². The minimum atomic E-state index is -0.146. The van der Waals surface area contributed by atoms with E-state index in [0.29, 0.717) is 29.8 Å². The van der Waals surface area contributed by atoms with Crippen molar-refractivity contribution in [1.29, 1.82) is 5.26 Å². The molecule has 3 heterocycles. The highest BCUT2D eigenvalue weighted by Crippen LogP contribution is 2.41. The Morgan fingerprint density at radius 2 is 2.23 bits per heavy atom. The van der Waals surface area contributed by atoms with Gasteiger partial charge in [-0.15, -0.1) is 21.5 Å². The lowest BCUT2D eigenvalue weighted by Gasteiger charge is -2.27. The van der Waals surface area contributed by atoms with E-state index >= 15 is 0 Å². The van der Waals surface area contributed by atoms with Gasteiger partial charge in [-0.05, 0) is 24.3 Å². The largest absolute Gasteiger partial charge is 0.378 e. The predicted molar refractivity (Wildman–Crippen MR) is 99.7 cm³/mol. The molecule has 8 nitrogen and oxygen atoms in total. The third-order valence-corrected chi connectivity index (χ3v) is 6.00. The summed E-state index contributed by atoms with van der Waals surface area (Å²) in [4.78, 5) is 14.4. The molecule has 0 unspecified atom stereocenters. The monoisotopic (exact) mass is 390 g/mol. The van der Waals surface area contributed by atoms with Gasteiger partial charge in [-0.2, -0.15) is 5.26 Å². The molecule has 2 aromatic rings. The van der Waals surface area contributed by atoms with Crippen LogP contribution in [0.1, 0.15) is 24.4 Å². The van der Waals surface area contributed by atoms with Crippen LogP contribution in [0.2, 0.25) is 0 Å². The van der Waals surface area contributed by atoms with Crippen molar-refractivity contribution in [3.8, 4) is 6.07 Å². The Bertz CT molecular complexity index is 832. The molecule has 2 aliphatic rings. The van der Waals surface area contributed by atoms with Crippen molar-refractivity contribution in [3.05, 3.63) is 17.0 Å². The van der Waals surface area contributed by atoms with Crippen molar-refractivity contribution in [1.82, 2.24) is 14.8 Å². The molecule has 1 saturated heterocycles. The number of nitriles is 1. The maximum Gasteiger partial charge on any atom is 0.235 e. The van der Waals surface area contributed by atoms with Crippen LogP contribution in [0, 0.1) is 11.3 Å². The number of thiophene rings is 1. The number of morpholine rings is 1. The van der Waals surface area contributed by atoms with E-state index in [9.17, 15) is 4.79 Å². The zero-order chi connectivity index (χ0) is 17.9. The quantitative estimate of drug-likeness (QED) is 0.755. The summed E-state index contributed by atoms with van der Waals surface area (Å²) >= 11 is 2.73. The SMILES string of the molecule is N#Cc1ccsc1NC(=O)CSc1nnc(N2CCOCC2)n1C1CC1. The number of anilines is 2. The van der Waals surface area contributed by atoms with E-state index in [2.05, 4.69) is 31.1 Å². The summed E-state index contributed by atoms with van der Waals surface area (Å²) in [7, 11) is 0. The number of nitrogens with zero attached hydrogens (tertiary/aromatic N) is 5. The Labute approximate surface area is 159 Å². The van der Waals surface area contributed by atoms with Crippen LogP contribution in [0.5, 0.6) is 0 Å². The molecule has 0 atom stereocenters. The first-order valence-corrected chi connectivity index (χ1v) is 10.3. The average Bonchev–Trinajstić information content (AvgIpc) is 3.26.